The molecule has 1 aromatic carbocycles. The number of unbranched alkanes of at least 4 members (excludes halogenated alkanes) is 2. The molecule has 24 heavy (non-hydrogen) atoms. The summed E-state index contributed by atoms with van der Waals surface area (Å²) in [6.07, 6.45) is 4.71. The van der Waals surface area contributed by atoms with Gasteiger partial charge in [-0.05, 0) is 18.6 Å². The lowest BCUT2D eigenvalue weighted by molar-refractivity contribution is -0.144. The monoisotopic (exact) mass is 331 g/mol. The Balaban J connectivity index is 2.48. The molecule has 0 spiro atoms. The number of nitrogens with two attached hydrogens (primary N) is 1. The molecule has 0 aliphatic rings. The first-order valence-electron chi connectivity index (χ1n) is 8.29. The molecule has 130 valence electrons. The van der Waals surface area contributed by atoms with Crippen LogP contribution in [0.25, 0.3) is 10.9 Å². The molecule has 1 atom stereocenters. The van der Waals surface area contributed by atoms with E-state index in [1.54, 1.807) is 12.3 Å². The number of pyridine rings is 1. The Hall–Kier alpha value is -2.18. The van der Waals surface area contributed by atoms with Crippen LogP contribution in [0.5, 0.6) is 0 Å². The molecule has 0 aliphatic heterocycles. The molecular formula is C18H25N3O3. The van der Waals surface area contributed by atoms with Crippen LogP contribution in [-0.4, -0.2) is 33.3 Å². The number of aliphatic carboxylic acids is 1. The van der Waals surface area contributed by atoms with Gasteiger partial charge in [0, 0.05) is 24.6 Å². The van der Waals surface area contributed by atoms with Crippen molar-refractivity contribution in [3.63, 3.8) is 0 Å². The standard InChI is InChI=1S/C18H25N3O3/c1-2-3-6-10-18(11-13-22,17(23)24)21(19)16-9-12-20-15-8-5-4-7-14(15)16/h4-5,7-9,12,22H,2-3,6,10-11,13,19H2,1H3,(H,23,24). The van der Waals surface area contributed by atoms with E-state index in [2.05, 4.69) is 11.9 Å². The number of para-hydroxylation sites is 1. The molecule has 1 unspecified atom stereocenters. The van der Waals surface area contributed by atoms with Crippen LogP contribution in [0, 0.1) is 0 Å². The van der Waals surface area contributed by atoms with E-state index in [4.69, 9.17) is 5.84 Å². The normalized spacial score (nSPS) is 13.6. The minimum absolute atomic E-state index is 0.0686. The van der Waals surface area contributed by atoms with Gasteiger partial charge >= 0.3 is 5.97 Å². The zero-order valence-electron chi connectivity index (χ0n) is 14.0. The van der Waals surface area contributed by atoms with Crippen molar-refractivity contribution in [2.24, 2.45) is 5.84 Å². The second-order valence-corrected chi connectivity index (χ2v) is 5.98. The van der Waals surface area contributed by atoms with Crippen LogP contribution in [0.3, 0.4) is 0 Å². The summed E-state index contributed by atoms with van der Waals surface area (Å²) in [5.74, 6) is 5.31. The lowest BCUT2D eigenvalue weighted by atomic mass is 9.87. The van der Waals surface area contributed by atoms with Gasteiger partial charge in [-0.1, -0.05) is 44.4 Å². The fourth-order valence-corrected chi connectivity index (χ4v) is 3.06. The van der Waals surface area contributed by atoms with Crippen molar-refractivity contribution < 1.29 is 15.0 Å². The van der Waals surface area contributed by atoms with Crippen molar-refractivity contribution in [2.45, 2.75) is 44.6 Å². The van der Waals surface area contributed by atoms with Gasteiger partial charge in [-0.25, -0.2) is 10.6 Å². The van der Waals surface area contributed by atoms with Gasteiger partial charge in [-0.2, -0.15) is 0 Å². The Morgan fingerprint density at radius 1 is 1.25 bits per heavy atom. The summed E-state index contributed by atoms with van der Waals surface area (Å²) in [6.45, 7) is 1.82. The smallest absolute Gasteiger partial charge is 0.331 e. The maximum absolute atomic E-state index is 12.1. The first-order valence-corrected chi connectivity index (χ1v) is 8.29. The molecule has 0 bridgehead atoms. The molecule has 2 aromatic rings. The summed E-state index contributed by atoms with van der Waals surface area (Å²) in [5, 5.41) is 21.5. The highest BCUT2D eigenvalue weighted by Gasteiger charge is 2.43. The first-order chi connectivity index (χ1) is 11.6. The molecular weight excluding hydrogens is 306 g/mol. The van der Waals surface area contributed by atoms with E-state index in [1.165, 1.54) is 5.01 Å². The number of hydrazine groups is 1. The summed E-state index contributed by atoms with van der Waals surface area (Å²) < 4.78 is 0. The molecule has 0 amide bonds. The number of aromatic nitrogens is 1. The number of hydrogen-bond donors (Lipinski definition) is 3. The van der Waals surface area contributed by atoms with Crippen molar-refractivity contribution in [1.82, 2.24) is 4.98 Å². The largest absolute Gasteiger partial charge is 0.479 e. The highest BCUT2D eigenvalue weighted by molar-refractivity contribution is 5.94. The van der Waals surface area contributed by atoms with Crippen LogP contribution in [0.2, 0.25) is 0 Å². The predicted octanol–water partition coefficient (Wildman–Crippen LogP) is 2.70. The van der Waals surface area contributed by atoms with Crippen LogP contribution in [0.15, 0.2) is 36.5 Å². The summed E-state index contributed by atoms with van der Waals surface area (Å²) in [6, 6.07) is 9.19. The summed E-state index contributed by atoms with van der Waals surface area (Å²) in [7, 11) is 0. The SMILES string of the molecule is CCCCCC(CCO)(C(=O)O)N(N)c1ccnc2ccccc12. The first kappa shape index (κ1) is 18.2. The van der Waals surface area contributed by atoms with Crippen molar-refractivity contribution in [2.75, 3.05) is 11.6 Å². The Morgan fingerprint density at radius 3 is 2.67 bits per heavy atom. The fourth-order valence-electron chi connectivity index (χ4n) is 3.06. The Morgan fingerprint density at radius 2 is 2.00 bits per heavy atom. The third kappa shape index (κ3) is 3.49. The lowest BCUT2D eigenvalue weighted by Crippen LogP contribution is -2.59. The van der Waals surface area contributed by atoms with Crippen LogP contribution in [0.1, 0.15) is 39.0 Å². The van der Waals surface area contributed by atoms with Crippen LogP contribution in [0.4, 0.5) is 5.69 Å². The number of anilines is 1. The molecule has 1 heterocycles. The quantitative estimate of drug-likeness (QED) is 0.371. The van der Waals surface area contributed by atoms with Gasteiger partial charge in [0.25, 0.3) is 0 Å². The van der Waals surface area contributed by atoms with E-state index < -0.39 is 11.5 Å². The maximum atomic E-state index is 12.1. The third-order valence-electron chi connectivity index (χ3n) is 4.46. The number of nitrogens with zero attached hydrogens (tertiary/aromatic N) is 2. The van der Waals surface area contributed by atoms with E-state index in [0.29, 0.717) is 12.1 Å². The minimum Gasteiger partial charge on any atom is -0.479 e. The number of rotatable bonds is 9. The van der Waals surface area contributed by atoms with Gasteiger partial charge in [-0.15, -0.1) is 0 Å². The number of aliphatic hydroxyl groups excluding tert-OH is 1. The van der Waals surface area contributed by atoms with Gasteiger partial charge in [0.2, 0.25) is 0 Å². The zero-order chi connectivity index (χ0) is 17.6. The van der Waals surface area contributed by atoms with Crippen LogP contribution in [-0.2, 0) is 4.79 Å². The lowest BCUT2D eigenvalue weighted by Gasteiger charge is -2.39. The molecule has 0 fully saturated rings. The van der Waals surface area contributed by atoms with E-state index in [1.807, 2.05) is 24.3 Å². The number of aliphatic hydroxyl groups is 1. The van der Waals surface area contributed by atoms with E-state index in [9.17, 15) is 15.0 Å². The Bertz CT molecular complexity index is 687. The van der Waals surface area contributed by atoms with Crippen LogP contribution >= 0.6 is 0 Å². The Labute approximate surface area is 141 Å². The highest BCUT2D eigenvalue weighted by atomic mass is 16.4. The molecule has 6 nitrogen and oxygen atoms in total. The molecule has 6 heteroatoms. The summed E-state index contributed by atoms with van der Waals surface area (Å²) >= 11 is 0. The van der Waals surface area contributed by atoms with Crippen LogP contribution < -0.4 is 10.9 Å². The molecule has 2 rings (SSSR count). The van der Waals surface area contributed by atoms with Crippen molar-refractivity contribution in [3.05, 3.63) is 36.5 Å². The molecule has 0 saturated carbocycles. The second kappa shape index (κ2) is 8.08. The molecule has 0 aliphatic carbocycles. The number of fused-ring (bicyclic) bond motifs is 1. The number of carboxylic acids is 1. The summed E-state index contributed by atoms with van der Waals surface area (Å²) in [4.78, 5) is 16.4. The average Bonchev–Trinajstić information content (AvgIpc) is 2.59. The number of benzene rings is 1. The van der Waals surface area contributed by atoms with E-state index in [-0.39, 0.29) is 13.0 Å². The molecule has 4 N–H and O–H groups in total. The van der Waals surface area contributed by atoms with Gasteiger partial charge < -0.3 is 10.2 Å². The molecule has 1 aromatic heterocycles. The summed E-state index contributed by atoms with van der Waals surface area (Å²) in [5.41, 5.74) is 0.0175. The highest BCUT2D eigenvalue weighted by Crippen LogP contribution is 2.33. The third-order valence-corrected chi connectivity index (χ3v) is 4.46. The fraction of sp³-hybridized carbons (Fsp3) is 0.444. The topological polar surface area (TPSA) is 99.7 Å². The van der Waals surface area contributed by atoms with Gasteiger partial charge in [-0.3, -0.25) is 9.99 Å². The zero-order valence-corrected chi connectivity index (χ0v) is 14.0. The maximum Gasteiger partial charge on any atom is 0.331 e. The van der Waals surface area contributed by atoms with E-state index in [0.717, 1.165) is 30.2 Å². The van der Waals surface area contributed by atoms with Gasteiger partial charge in [0.15, 0.2) is 5.54 Å². The molecule has 0 saturated heterocycles. The van der Waals surface area contributed by atoms with Gasteiger partial charge in [0.1, 0.15) is 0 Å². The molecule has 0 radical (unpaired) electrons. The second-order valence-electron chi connectivity index (χ2n) is 5.98. The van der Waals surface area contributed by atoms with Crippen molar-refractivity contribution in [3.8, 4) is 0 Å². The number of hydrogen-bond acceptors (Lipinski definition) is 5. The Kier molecular flexibility index (Phi) is 6.11. The van der Waals surface area contributed by atoms with Crippen molar-refractivity contribution >= 4 is 22.6 Å². The van der Waals surface area contributed by atoms with Gasteiger partial charge in [0.05, 0.1) is 11.2 Å². The predicted molar refractivity (Wildman–Crippen MR) is 94.6 cm³/mol. The average molecular weight is 331 g/mol. The number of carboxylic acid groups (broad SMARTS) is 1. The number of carbonyl (C=O) groups is 1. The van der Waals surface area contributed by atoms with Crippen molar-refractivity contribution in [1.29, 1.82) is 0 Å². The minimum atomic E-state index is -1.34. The van der Waals surface area contributed by atoms with E-state index >= 15 is 0 Å².